The minimum absolute atomic E-state index is 0.0267. The predicted molar refractivity (Wildman–Crippen MR) is 85.2 cm³/mol. The lowest BCUT2D eigenvalue weighted by atomic mass is 10.0. The highest BCUT2D eigenvalue weighted by Crippen LogP contribution is 2.30. The van der Waals surface area contributed by atoms with Crippen molar-refractivity contribution in [3.05, 3.63) is 54.1 Å². The van der Waals surface area contributed by atoms with Crippen LogP contribution >= 0.6 is 0 Å². The maximum atomic E-state index is 13.4. The van der Waals surface area contributed by atoms with Crippen LogP contribution < -0.4 is 4.74 Å². The number of likely N-dealkylation sites (tertiary alicyclic amines) is 1. The molecule has 120 valence electrons. The number of ether oxygens (including phenoxy) is 1. The van der Waals surface area contributed by atoms with Crippen LogP contribution in [0.5, 0.6) is 5.75 Å². The van der Waals surface area contributed by atoms with E-state index in [4.69, 9.17) is 4.74 Å². The van der Waals surface area contributed by atoms with Gasteiger partial charge in [-0.25, -0.2) is 4.39 Å². The molecule has 1 N–H and O–H groups in total. The number of aliphatic hydroxyl groups excluding tert-OH is 1. The molecule has 5 heteroatoms. The lowest BCUT2D eigenvalue weighted by molar-refractivity contribution is 0.0764. The zero-order valence-electron chi connectivity index (χ0n) is 12.8. The third-order valence-electron chi connectivity index (χ3n) is 4.03. The molecule has 1 aliphatic rings. The van der Waals surface area contributed by atoms with E-state index >= 15 is 0 Å². The molecule has 2 aromatic rings. The van der Waals surface area contributed by atoms with Crippen LogP contribution in [-0.2, 0) is 0 Å². The number of carbonyl (C=O) groups is 1. The van der Waals surface area contributed by atoms with Crippen molar-refractivity contribution in [2.24, 2.45) is 0 Å². The zero-order chi connectivity index (χ0) is 16.4. The van der Waals surface area contributed by atoms with Crippen molar-refractivity contribution < 1.29 is 19.0 Å². The Hall–Kier alpha value is -2.40. The molecule has 1 heterocycles. The Morgan fingerprint density at radius 3 is 2.70 bits per heavy atom. The van der Waals surface area contributed by atoms with Gasteiger partial charge < -0.3 is 14.7 Å². The van der Waals surface area contributed by atoms with E-state index in [2.05, 4.69) is 0 Å². The first kappa shape index (κ1) is 15.5. The van der Waals surface area contributed by atoms with Crippen LogP contribution in [0.2, 0.25) is 0 Å². The Balaban J connectivity index is 1.90. The van der Waals surface area contributed by atoms with Crippen LogP contribution in [0.15, 0.2) is 48.5 Å². The van der Waals surface area contributed by atoms with E-state index < -0.39 is 12.3 Å². The number of benzene rings is 2. The number of nitrogens with zero attached hydrogens (tertiary/aromatic N) is 1. The summed E-state index contributed by atoms with van der Waals surface area (Å²) in [5.41, 5.74) is 2.20. The van der Waals surface area contributed by atoms with Gasteiger partial charge in [0.2, 0.25) is 0 Å². The van der Waals surface area contributed by atoms with Gasteiger partial charge in [0.25, 0.3) is 5.91 Å². The van der Waals surface area contributed by atoms with Crippen LogP contribution in [0.25, 0.3) is 11.1 Å². The number of carbonyl (C=O) groups excluding carboxylic acids is 1. The Labute approximate surface area is 134 Å². The molecular formula is C18H18FNO3. The molecule has 0 unspecified atom stereocenters. The van der Waals surface area contributed by atoms with Gasteiger partial charge in [0.05, 0.1) is 13.7 Å². The van der Waals surface area contributed by atoms with Crippen LogP contribution in [0.1, 0.15) is 10.4 Å². The molecular weight excluding hydrogens is 297 g/mol. The van der Waals surface area contributed by atoms with E-state index in [0.717, 1.165) is 16.9 Å². The summed E-state index contributed by atoms with van der Waals surface area (Å²) >= 11 is 0. The van der Waals surface area contributed by atoms with E-state index in [1.807, 2.05) is 30.3 Å². The zero-order valence-corrected chi connectivity index (χ0v) is 12.8. The second kappa shape index (κ2) is 6.38. The van der Waals surface area contributed by atoms with E-state index in [0.29, 0.717) is 5.56 Å². The molecule has 0 bridgehead atoms. The number of methoxy groups -OCH3 is 1. The standard InChI is InChI=1S/C18H18FNO3/c1-23-17-8-3-2-7-14(17)12-5-4-6-13(9-12)18(22)20-10-15(19)16(21)11-20/h2-9,15-16,21H,10-11H2,1H3/t15-,16-/m1/s1. The summed E-state index contributed by atoms with van der Waals surface area (Å²) < 4.78 is 18.8. The van der Waals surface area contributed by atoms with Gasteiger partial charge in [-0.1, -0.05) is 30.3 Å². The first-order chi connectivity index (χ1) is 11.1. The van der Waals surface area contributed by atoms with Gasteiger partial charge in [-0.05, 0) is 23.8 Å². The summed E-state index contributed by atoms with van der Waals surface area (Å²) in [6.07, 6.45) is -2.48. The van der Waals surface area contributed by atoms with E-state index in [1.54, 1.807) is 25.3 Å². The van der Waals surface area contributed by atoms with E-state index in [9.17, 15) is 14.3 Å². The lowest BCUT2D eigenvalue weighted by Crippen LogP contribution is -2.29. The molecule has 1 saturated heterocycles. The van der Waals surface area contributed by atoms with Crippen molar-refractivity contribution in [1.82, 2.24) is 4.90 Å². The predicted octanol–water partition coefficient (Wildman–Crippen LogP) is 2.52. The van der Waals surface area contributed by atoms with Crippen molar-refractivity contribution >= 4 is 5.91 Å². The SMILES string of the molecule is COc1ccccc1-c1cccc(C(=O)N2C[C@@H](O)[C@H](F)C2)c1. The highest BCUT2D eigenvalue weighted by Gasteiger charge is 2.34. The number of amides is 1. The molecule has 0 saturated carbocycles. The summed E-state index contributed by atoms with van der Waals surface area (Å²) in [4.78, 5) is 13.8. The fourth-order valence-corrected chi connectivity index (χ4v) is 2.80. The normalized spacial score (nSPS) is 20.6. The van der Waals surface area contributed by atoms with Gasteiger partial charge in [0.1, 0.15) is 18.0 Å². The summed E-state index contributed by atoms with van der Waals surface area (Å²) in [7, 11) is 1.60. The molecule has 3 rings (SSSR count). The van der Waals surface area contributed by atoms with Crippen LogP contribution in [0, 0.1) is 0 Å². The van der Waals surface area contributed by atoms with Crippen molar-refractivity contribution in [1.29, 1.82) is 0 Å². The molecule has 2 atom stereocenters. The molecule has 0 aliphatic carbocycles. The number of β-amino-alcohol motifs (C(OH)–C–C–N with tert-alkyl or cyclic N) is 1. The first-order valence-corrected chi connectivity index (χ1v) is 7.45. The molecule has 4 nitrogen and oxygen atoms in total. The molecule has 23 heavy (non-hydrogen) atoms. The maximum absolute atomic E-state index is 13.4. The van der Waals surface area contributed by atoms with Crippen LogP contribution in [0.4, 0.5) is 4.39 Å². The smallest absolute Gasteiger partial charge is 0.254 e. The van der Waals surface area contributed by atoms with E-state index in [1.165, 1.54) is 4.90 Å². The Morgan fingerprint density at radius 2 is 2.00 bits per heavy atom. The summed E-state index contributed by atoms with van der Waals surface area (Å²) in [6, 6.07) is 14.7. The van der Waals surface area contributed by atoms with Gasteiger partial charge in [-0.3, -0.25) is 4.79 Å². The number of halogens is 1. The number of rotatable bonds is 3. The molecule has 2 aromatic carbocycles. The third-order valence-corrected chi connectivity index (χ3v) is 4.03. The Bertz CT molecular complexity index is 709. The fraction of sp³-hybridized carbons (Fsp3) is 0.278. The first-order valence-electron chi connectivity index (χ1n) is 7.45. The van der Waals surface area contributed by atoms with E-state index in [-0.39, 0.29) is 19.0 Å². The van der Waals surface area contributed by atoms with Crippen molar-refractivity contribution in [3.8, 4) is 16.9 Å². The molecule has 0 spiro atoms. The summed E-state index contributed by atoms with van der Waals surface area (Å²) in [5, 5.41) is 9.48. The summed E-state index contributed by atoms with van der Waals surface area (Å²) in [6.45, 7) is -0.0439. The maximum Gasteiger partial charge on any atom is 0.254 e. The average molecular weight is 315 g/mol. The molecule has 0 radical (unpaired) electrons. The van der Waals surface area contributed by atoms with Gasteiger partial charge >= 0.3 is 0 Å². The van der Waals surface area contributed by atoms with Gasteiger partial charge in [-0.2, -0.15) is 0 Å². The van der Waals surface area contributed by atoms with Gasteiger partial charge in [0, 0.05) is 17.7 Å². The van der Waals surface area contributed by atoms with Crippen molar-refractivity contribution in [3.63, 3.8) is 0 Å². The topological polar surface area (TPSA) is 49.8 Å². The quantitative estimate of drug-likeness (QED) is 0.947. The fourth-order valence-electron chi connectivity index (χ4n) is 2.80. The number of hydrogen-bond donors (Lipinski definition) is 1. The highest BCUT2D eigenvalue weighted by atomic mass is 19.1. The molecule has 1 amide bonds. The van der Waals surface area contributed by atoms with Crippen molar-refractivity contribution in [2.45, 2.75) is 12.3 Å². The number of para-hydroxylation sites is 1. The second-order valence-corrected chi connectivity index (χ2v) is 5.57. The average Bonchev–Trinajstić information content (AvgIpc) is 2.93. The monoisotopic (exact) mass is 315 g/mol. The molecule has 1 aliphatic heterocycles. The molecule has 1 fully saturated rings. The minimum Gasteiger partial charge on any atom is -0.496 e. The largest absolute Gasteiger partial charge is 0.496 e. The second-order valence-electron chi connectivity index (χ2n) is 5.57. The van der Waals surface area contributed by atoms with Gasteiger partial charge in [0.15, 0.2) is 0 Å². The number of alkyl halides is 1. The third kappa shape index (κ3) is 3.05. The van der Waals surface area contributed by atoms with Crippen molar-refractivity contribution in [2.75, 3.05) is 20.2 Å². The molecule has 0 aromatic heterocycles. The number of aliphatic hydroxyl groups is 1. The summed E-state index contributed by atoms with van der Waals surface area (Å²) in [5.74, 6) is 0.443. The number of hydrogen-bond acceptors (Lipinski definition) is 3. The van der Waals surface area contributed by atoms with Gasteiger partial charge in [-0.15, -0.1) is 0 Å². The Morgan fingerprint density at radius 1 is 1.22 bits per heavy atom. The van der Waals surface area contributed by atoms with Crippen LogP contribution in [0.3, 0.4) is 0 Å². The van der Waals surface area contributed by atoms with Crippen LogP contribution in [-0.4, -0.2) is 48.4 Å². The lowest BCUT2D eigenvalue weighted by Gasteiger charge is -2.16. The minimum atomic E-state index is -1.38. The highest BCUT2D eigenvalue weighted by molar-refractivity contribution is 5.96. The Kier molecular flexibility index (Phi) is 4.30.